The van der Waals surface area contributed by atoms with E-state index in [4.69, 9.17) is 4.74 Å². The predicted molar refractivity (Wildman–Crippen MR) is 153 cm³/mol. The topological polar surface area (TPSA) is 92.8 Å². The zero-order chi connectivity index (χ0) is 28.2. The van der Waals surface area contributed by atoms with E-state index in [9.17, 15) is 19.2 Å². The Hall–Kier alpha value is -5.04. The minimum atomic E-state index is -0.787. The van der Waals surface area contributed by atoms with Crippen molar-refractivity contribution in [2.45, 2.75) is 18.8 Å². The molecule has 2 bridgehead atoms. The highest BCUT2D eigenvalue weighted by molar-refractivity contribution is 6.25. The van der Waals surface area contributed by atoms with Crippen LogP contribution in [0.15, 0.2) is 97.1 Å². The quantitative estimate of drug-likeness (QED) is 0.277. The zero-order valence-corrected chi connectivity index (χ0v) is 22.2. The summed E-state index contributed by atoms with van der Waals surface area (Å²) in [7, 11) is 0. The molecule has 0 unspecified atom stereocenters. The van der Waals surface area contributed by atoms with Gasteiger partial charge in [0.25, 0.3) is 5.91 Å². The van der Waals surface area contributed by atoms with E-state index in [1.807, 2.05) is 67.6 Å². The lowest BCUT2D eigenvalue weighted by Gasteiger charge is -2.45. The van der Waals surface area contributed by atoms with E-state index >= 15 is 0 Å². The first kappa shape index (κ1) is 25.0. The molecule has 1 N–H and O–H groups in total. The Kier molecular flexibility index (Phi) is 5.82. The highest BCUT2D eigenvalue weighted by Gasteiger charge is 2.62. The van der Waals surface area contributed by atoms with Gasteiger partial charge in [-0.25, -0.2) is 9.69 Å². The molecular formula is C34H26N2O5. The summed E-state index contributed by atoms with van der Waals surface area (Å²) in [5.41, 5.74) is 6.18. The number of nitrogens with one attached hydrogen (secondary N) is 1. The van der Waals surface area contributed by atoms with Crippen LogP contribution in [0.4, 0.5) is 11.4 Å². The van der Waals surface area contributed by atoms with Crippen molar-refractivity contribution < 1.29 is 23.9 Å². The summed E-state index contributed by atoms with van der Waals surface area (Å²) in [6, 6.07) is 29.7. The second-order valence-corrected chi connectivity index (χ2v) is 10.8. The Morgan fingerprint density at radius 2 is 1.20 bits per heavy atom. The Morgan fingerprint density at radius 3 is 1.73 bits per heavy atom. The fraction of sp³-hybridized carbons (Fsp3) is 0.176. The summed E-state index contributed by atoms with van der Waals surface area (Å²) >= 11 is 0. The molecule has 4 aliphatic rings. The van der Waals surface area contributed by atoms with E-state index in [2.05, 4.69) is 5.32 Å². The number of imide groups is 1. The third-order valence-corrected chi connectivity index (χ3v) is 8.48. The van der Waals surface area contributed by atoms with Gasteiger partial charge in [0.2, 0.25) is 11.8 Å². The highest BCUT2D eigenvalue weighted by Crippen LogP contribution is 2.61. The maximum absolute atomic E-state index is 14.1. The first-order valence-corrected chi connectivity index (χ1v) is 13.6. The van der Waals surface area contributed by atoms with E-state index in [0.29, 0.717) is 5.69 Å². The lowest BCUT2D eigenvalue weighted by molar-refractivity contribution is -0.122. The van der Waals surface area contributed by atoms with Crippen molar-refractivity contribution >= 4 is 35.1 Å². The third kappa shape index (κ3) is 3.88. The van der Waals surface area contributed by atoms with Crippen molar-refractivity contribution in [3.05, 3.63) is 130 Å². The van der Waals surface area contributed by atoms with Gasteiger partial charge >= 0.3 is 5.97 Å². The van der Waals surface area contributed by atoms with Gasteiger partial charge in [-0.15, -0.1) is 0 Å². The monoisotopic (exact) mass is 542 g/mol. The molecule has 41 heavy (non-hydrogen) atoms. The standard InChI is InChI=1S/C34H26N2O5/c1-19-14-16-20(17-15-19)35-27(37)18-41-34(40)25-12-6-7-13-26(25)36-32(38)30-28-21-8-2-3-9-22(21)29(31(30)33(36)39)24-11-5-4-10-23(24)28/h2-17,28-31H,18H2,1H3,(H,35,37)/t28?,29?,30-,31-/m1/s1. The second kappa shape index (κ2) is 9.55. The number of anilines is 2. The number of carbonyl (C=O) groups excluding carboxylic acids is 4. The van der Waals surface area contributed by atoms with Gasteiger partial charge in [0.05, 0.1) is 23.1 Å². The lowest BCUT2D eigenvalue weighted by Crippen LogP contribution is -2.41. The van der Waals surface area contributed by atoms with Crippen LogP contribution in [-0.4, -0.2) is 30.3 Å². The molecule has 0 saturated carbocycles. The van der Waals surface area contributed by atoms with Crippen LogP contribution in [0, 0.1) is 18.8 Å². The summed E-state index contributed by atoms with van der Waals surface area (Å²) in [5, 5.41) is 2.69. The number of benzene rings is 4. The number of hydrogen-bond acceptors (Lipinski definition) is 5. The molecule has 0 spiro atoms. The normalized spacial score (nSPS) is 21.6. The number of carbonyl (C=O) groups is 4. The summed E-state index contributed by atoms with van der Waals surface area (Å²) in [4.78, 5) is 55.0. The average molecular weight is 543 g/mol. The van der Waals surface area contributed by atoms with E-state index < -0.39 is 30.3 Å². The molecule has 1 saturated heterocycles. The van der Waals surface area contributed by atoms with Gasteiger partial charge in [-0.2, -0.15) is 0 Å². The number of para-hydroxylation sites is 1. The van der Waals surface area contributed by atoms with E-state index in [1.165, 1.54) is 6.07 Å². The molecule has 4 aromatic rings. The van der Waals surface area contributed by atoms with Crippen LogP contribution in [0.2, 0.25) is 0 Å². The fourth-order valence-electron chi connectivity index (χ4n) is 6.80. The van der Waals surface area contributed by atoms with Crippen LogP contribution < -0.4 is 10.2 Å². The smallest absolute Gasteiger partial charge is 0.340 e. The number of rotatable bonds is 5. The minimum Gasteiger partial charge on any atom is -0.452 e. The van der Waals surface area contributed by atoms with Crippen LogP contribution >= 0.6 is 0 Å². The van der Waals surface area contributed by atoms with Crippen LogP contribution in [0.25, 0.3) is 0 Å². The number of esters is 1. The highest BCUT2D eigenvalue weighted by atomic mass is 16.5. The van der Waals surface area contributed by atoms with Crippen molar-refractivity contribution in [3.63, 3.8) is 0 Å². The van der Waals surface area contributed by atoms with Gasteiger partial charge in [0.1, 0.15) is 0 Å². The summed E-state index contributed by atoms with van der Waals surface area (Å²) in [5.74, 6) is -3.56. The fourth-order valence-corrected chi connectivity index (χ4v) is 6.80. The van der Waals surface area contributed by atoms with Gasteiger partial charge in [-0.3, -0.25) is 14.4 Å². The van der Waals surface area contributed by atoms with Gasteiger partial charge in [0.15, 0.2) is 6.61 Å². The first-order valence-electron chi connectivity index (χ1n) is 13.6. The molecular weight excluding hydrogens is 516 g/mol. The molecule has 8 rings (SSSR count). The second-order valence-electron chi connectivity index (χ2n) is 10.8. The molecule has 1 fully saturated rings. The van der Waals surface area contributed by atoms with Crippen molar-refractivity contribution in [2.75, 3.05) is 16.8 Å². The molecule has 1 heterocycles. The summed E-state index contributed by atoms with van der Waals surface area (Å²) in [6.07, 6.45) is 0. The van der Waals surface area contributed by atoms with Crippen molar-refractivity contribution in [1.82, 2.24) is 0 Å². The zero-order valence-electron chi connectivity index (χ0n) is 22.2. The van der Waals surface area contributed by atoms with Crippen LogP contribution in [0.5, 0.6) is 0 Å². The summed E-state index contributed by atoms with van der Waals surface area (Å²) in [6.45, 7) is 1.43. The maximum Gasteiger partial charge on any atom is 0.340 e. The van der Waals surface area contributed by atoms with Crippen LogP contribution in [-0.2, 0) is 19.1 Å². The van der Waals surface area contributed by atoms with Gasteiger partial charge in [0, 0.05) is 17.5 Å². The minimum absolute atomic E-state index is 0.0540. The molecule has 7 nitrogen and oxygen atoms in total. The molecule has 7 heteroatoms. The lowest BCUT2D eigenvalue weighted by atomic mass is 9.55. The average Bonchev–Trinajstić information content (AvgIpc) is 3.27. The van der Waals surface area contributed by atoms with E-state index in [1.54, 1.807) is 30.3 Å². The Morgan fingerprint density at radius 1 is 0.707 bits per heavy atom. The third-order valence-electron chi connectivity index (χ3n) is 8.48. The Labute approximate surface area is 236 Å². The van der Waals surface area contributed by atoms with Gasteiger partial charge < -0.3 is 10.1 Å². The molecule has 2 atom stereocenters. The van der Waals surface area contributed by atoms with Crippen molar-refractivity contribution in [2.24, 2.45) is 11.8 Å². The van der Waals surface area contributed by atoms with E-state index in [-0.39, 0.29) is 34.9 Å². The molecule has 3 aliphatic carbocycles. The number of hydrogen-bond donors (Lipinski definition) is 1. The van der Waals surface area contributed by atoms with E-state index in [0.717, 1.165) is 32.7 Å². The van der Waals surface area contributed by atoms with Crippen molar-refractivity contribution in [3.8, 4) is 0 Å². The first-order chi connectivity index (χ1) is 19.9. The van der Waals surface area contributed by atoms with Crippen LogP contribution in [0.3, 0.4) is 0 Å². The Balaban J connectivity index is 1.18. The predicted octanol–water partition coefficient (Wildman–Crippen LogP) is 5.19. The molecule has 0 radical (unpaired) electrons. The molecule has 3 amide bonds. The molecule has 1 aliphatic heterocycles. The number of aryl methyl sites for hydroxylation is 1. The molecule has 4 aromatic carbocycles. The number of ether oxygens (including phenoxy) is 1. The maximum atomic E-state index is 14.1. The van der Waals surface area contributed by atoms with Gasteiger partial charge in [-0.05, 0) is 53.4 Å². The molecule has 202 valence electrons. The largest absolute Gasteiger partial charge is 0.452 e. The Bertz CT molecular complexity index is 1630. The number of nitrogens with zero attached hydrogens (tertiary/aromatic N) is 1. The number of amides is 3. The summed E-state index contributed by atoms with van der Waals surface area (Å²) < 4.78 is 5.33. The molecule has 0 aromatic heterocycles. The van der Waals surface area contributed by atoms with Crippen molar-refractivity contribution in [1.29, 1.82) is 0 Å². The van der Waals surface area contributed by atoms with Crippen LogP contribution in [0.1, 0.15) is 50.0 Å². The van der Waals surface area contributed by atoms with Gasteiger partial charge in [-0.1, -0.05) is 78.4 Å². The SMILES string of the molecule is Cc1ccc(NC(=O)COC(=O)c2ccccc2N2C(=O)[C@@H]3C4c5ccccc5C(c5ccccc54)[C@H]3C2=O)cc1.